The number of aromatic nitrogens is 1. The van der Waals surface area contributed by atoms with Gasteiger partial charge >= 0.3 is 0 Å². The van der Waals surface area contributed by atoms with Gasteiger partial charge in [-0.1, -0.05) is 12.1 Å². The highest BCUT2D eigenvalue weighted by Gasteiger charge is 2.03. The molecule has 0 saturated carbocycles. The normalized spacial score (nSPS) is 10.4. The van der Waals surface area contributed by atoms with Gasteiger partial charge in [0.2, 0.25) is 0 Å². The van der Waals surface area contributed by atoms with Crippen molar-refractivity contribution in [2.24, 2.45) is 7.05 Å². The van der Waals surface area contributed by atoms with Crippen molar-refractivity contribution in [3.63, 3.8) is 0 Å². The van der Waals surface area contributed by atoms with Crippen molar-refractivity contribution in [1.82, 2.24) is 4.57 Å². The molecule has 0 bridgehead atoms. The summed E-state index contributed by atoms with van der Waals surface area (Å²) in [6, 6.07) is 11.7. The second-order valence-corrected chi connectivity index (χ2v) is 3.32. The third-order valence-corrected chi connectivity index (χ3v) is 2.37. The molecule has 0 spiro atoms. The Bertz CT molecular complexity index is 440. The lowest BCUT2D eigenvalue weighted by Gasteiger charge is -2.05. The van der Waals surface area contributed by atoms with E-state index < -0.39 is 0 Å². The van der Waals surface area contributed by atoms with Gasteiger partial charge in [0.05, 0.1) is 0 Å². The fourth-order valence-corrected chi connectivity index (χ4v) is 1.47. The molecule has 1 heterocycles. The van der Waals surface area contributed by atoms with Gasteiger partial charge in [-0.05, 0) is 29.8 Å². The lowest BCUT2D eigenvalue weighted by Crippen LogP contribution is -1.97. The summed E-state index contributed by atoms with van der Waals surface area (Å²) >= 11 is 0. The number of nitrogen functional groups attached to an aromatic ring is 2. The Labute approximate surface area is 83.0 Å². The highest BCUT2D eigenvalue weighted by atomic mass is 15.0. The highest BCUT2D eigenvalue weighted by molar-refractivity contribution is 5.65. The molecule has 3 heteroatoms. The van der Waals surface area contributed by atoms with Gasteiger partial charge in [-0.15, -0.1) is 0 Å². The van der Waals surface area contributed by atoms with Crippen LogP contribution < -0.4 is 11.5 Å². The minimum Gasteiger partial charge on any atom is -0.399 e. The van der Waals surface area contributed by atoms with Gasteiger partial charge in [-0.3, -0.25) is 0 Å². The maximum Gasteiger partial charge on any atom is 0.103 e. The monoisotopic (exact) mass is 187 g/mol. The smallest absolute Gasteiger partial charge is 0.103 e. The maximum atomic E-state index is 5.75. The Hall–Kier alpha value is -1.90. The van der Waals surface area contributed by atoms with Crippen LogP contribution in [-0.2, 0) is 7.05 Å². The summed E-state index contributed by atoms with van der Waals surface area (Å²) in [5, 5.41) is 0. The van der Waals surface area contributed by atoms with Gasteiger partial charge in [-0.25, -0.2) is 0 Å². The zero-order chi connectivity index (χ0) is 10.1. The first-order chi connectivity index (χ1) is 6.68. The first kappa shape index (κ1) is 8.69. The average molecular weight is 187 g/mol. The molecule has 0 amide bonds. The molecule has 0 aliphatic carbocycles. The number of nitrogens with zero attached hydrogens (tertiary/aromatic N) is 1. The second-order valence-electron chi connectivity index (χ2n) is 3.32. The quantitative estimate of drug-likeness (QED) is 0.669. The number of rotatable bonds is 1. The van der Waals surface area contributed by atoms with Crippen molar-refractivity contribution in [2.45, 2.75) is 0 Å². The van der Waals surface area contributed by atoms with E-state index >= 15 is 0 Å². The van der Waals surface area contributed by atoms with Crippen molar-refractivity contribution in [3.05, 3.63) is 36.4 Å². The number of nitrogens with two attached hydrogens (primary N) is 2. The Morgan fingerprint density at radius 2 is 1.57 bits per heavy atom. The standard InChI is InChI=1S/C11H13N3/c1-14-10(6-7-11(14)13)8-2-4-9(12)5-3-8/h2-7H,12-13H2,1H3. The van der Waals surface area contributed by atoms with E-state index in [1.807, 2.05) is 48.0 Å². The molecule has 4 N–H and O–H groups in total. The van der Waals surface area contributed by atoms with Crippen molar-refractivity contribution >= 4 is 11.5 Å². The number of benzene rings is 1. The lowest BCUT2D eigenvalue weighted by molar-refractivity contribution is 0.950. The fraction of sp³-hybridized carbons (Fsp3) is 0.0909. The molecule has 0 unspecified atom stereocenters. The summed E-state index contributed by atoms with van der Waals surface area (Å²) in [7, 11) is 1.95. The van der Waals surface area contributed by atoms with Crippen LogP contribution >= 0.6 is 0 Å². The van der Waals surface area contributed by atoms with Gasteiger partial charge in [-0.2, -0.15) is 0 Å². The Morgan fingerprint density at radius 1 is 0.929 bits per heavy atom. The third kappa shape index (κ3) is 1.33. The van der Waals surface area contributed by atoms with Crippen LogP contribution in [0.25, 0.3) is 11.3 Å². The first-order valence-corrected chi connectivity index (χ1v) is 4.45. The van der Waals surface area contributed by atoms with E-state index in [9.17, 15) is 0 Å². The molecule has 0 aliphatic rings. The van der Waals surface area contributed by atoms with Gasteiger partial charge in [0.15, 0.2) is 0 Å². The van der Waals surface area contributed by atoms with Gasteiger partial charge in [0.25, 0.3) is 0 Å². The Balaban J connectivity index is 2.49. The zero-order valence-electron chi connectivity index (χ0n) is 8.07. The molecule has 0 fully saturated rings. The minimum atomic E-state index is 0.761. The molecule has 3 nitrogen and oxygen atoms in total. The van der Waals surface area contributed by atoms with Crippen LogP contribution in [0, 0.1) is 0 Å². The van der Waals surface area contributed by atoms with Crippen LogP contribution in [-0.4, -0.2) is 4.57 Å². The Morgan fingerprint density at radius 3 is 2.07 bits per heavy atom. The molecule has 0 saturated heterocycles. The largest absolute Gasteiger partial charge is 0.399 e. The number of hydrogen-bond acceptors (Lipinski definition) is 2. The molecule has 2 rings (SSSR count). The fourth-order valence-electron chi connectivity index (χ4n) is 1.47. The first-order valence-electron chi connectivity index (χ1n) is 4.45. The van der Waals surface area contributed by atoms with E-state index in [2.05, 4.69) is 0 Å². The third-order valence-electron chi connectivity index (χ3n) is 2.37. The van der Waals surface area contributed by atoms with Crippen molar-refractivity contribution in [1.29, 1.82) is 0 Å². The molecule has 14 heavy (non-hydrogen) atoms. The average Bonchev–Trinajstić information content (AvgIpc) is 2.50. The topological polar surface area (TPSA) is 57.0 Å². The van der Waals surface area contributed by atoms with Gasteiger partial charge < -0.3 is 16.0 Å². The van der Waals surface area contributed by atoms with Crippen LogP contribution in [0.2, 0.25) is 0 Å². The molecule has 0 radical (unpaired) electrons. The maximum absolute atomic E-state index is 5.75. The zero-order valence-corrected chi connectivity index (χ0v) is 8.07. The van der Waals surface area contributed by atoms with E-state index in [-0.39, 0.29) is 0 Å². The van der Waals surface area contributed by atoms with E-state index in [4.69, 9.17) is 11.5 Å². The van der Waals surface area contributed by atoms with Crippen molar-refractivity contribution in [3.8, 4) is 11.3 Å². The van der Waals surface area contributed by atoms with E-state index in [0.29, 0.717) is 0 Å². The van der Waals surface area contributed by atoms with Crippen LogP contribution in [0.3, 0.4) is 0 Å². The van der Waals surface area contributed by atoms with Crippen LogP contribution in [0.1, 0.15) is 0 Å². The predicted octanol–water partition coefficient (Wildman–Crippen LogP) is 1.86. The summed E-state index contributed by atoms with van der Waals surface area (Å²) in [6.45, 7) is 0. The van der Waals surface area contributed by atoms with Gasteiger partial charge in [0.1, 0.15) is 5.82 Å². The predicted molar refractivity (Wildman–Crippen MR) is 59.7 cm³/mol. The molecule has 2 aromatic rings. The van der Waals surface area contributed by atoms with E-state index in [1.165, 1.54) is 0 Å². The summed E-state index contributed by atoms with van der Waals surface area (Å²) < 4.78 is 1.95. The van der Waals surface area contributed by atoms with E-state index in [0.717, 1.165) is 22.8 Å². The molecular formula is C11H13N3. The Kier molecular flexibility index (Phi) is 1.93. The van der Waals surface area contributed by atoms with Crippen molar-refractivity contribution in [2.75, 3.05) is 11.5 Å². The molecule has 72 valence electrons. The van der Waals surface area contributed by atoms with Crippen molar-refractivity contribution < 1.29 is 0 Å². The lowest BCUT2D eigenvalue weighted by atomic mass is 10.1. The SMILES string of the molecule is Cn1c(N)ccc1-c1ccc(N)cc1. The van der Waals surface area contributed by atoms with E-state index in [1.54, 1.807) is 0 Å². The minimum absolute atomic E-state index is 0.761. The van der Waals surface area contributed by atoms with Crippen LogP contribution in [0.5, 0.6) is 0 Å². The van der Waals surface area contributed by atoms with Crippen LogP contribution in [0.15, 0.2) is 36.4 Å². The second kappa shape index (κ2) is 3.10. The van der Waals surface area contributed by atoms with Crippen LogP contribution in [0.4, 0.5) is 11.5 Å². The number of anilines is 2. The molecule has 0 atom stereocenters. The summed E-state index contributed by atoms with van der Waals surface area (Å²) in [6.07, 6.45) is 0. The summed E-state index contributed by atoms with van der Waals surface area (Å²) in [5.74, 6) is 0.761. The molecule has 1 aromatic carbocycles. The van der Waals surface area contributed by atoms with Gasteiger partial charge in [0, 0.05) is 18.4 Å². The highest BCUT2D eigenvalue weighted by Crippen LogP contribution is 2.23. The molecular weight excluding hydrogens is 174 g/mol. The molecule has 1 aromatic heterocycles. The molecule has 0 aliphatic heterocycles. The number of hydrogen-bond donors (Lipinski definition) is 2. The summed E-state index contributed by atoms with van der Waals surface area (Å²) in [4.78, 5) is 0. The summed E-state index contributed by atoms with van der Waals surface area (Å²) in [5.41, 5.74) is 14.4.